The molecule has 0 aromatic heterocycles. The standard InChI is InChI=1S/C22H34O2Si/c1-22(2,3)25(4,5)24-17-11-7-10-14-20-19(15-16-21(20)23)18-12-8-6-9-13-18/h6,8-10,12-14,19-20H,7,11,15-17H2,1-5H3/b14-10+. The molecule has 3 heteroatoms. The van der Waals surface area contributed by atoms with Crippen LogP contribution in [0.5, 0.6) is 0 Å². The van der Waals surface area contributed by atoms with E-state index in [0.29, 0.717) is 18.1 Å². The molecule has 2 rings (SSSR count). The Kier molecular flexibility index (Phi) is 6.81. The van der Waals surface area contributed by atoms with Crippen molar-refractivity contribution in [2.24, 2.45) is 5.92 Å². The molecule has 0 spiro atoms. The first kappa shape index (κ1) is 20.1. The van der Waals surface area contributed by atoms with Crippen LogP contribution in [-0.4, -0.2) is 20.7 Å². The molecule has 0 heterocycles. The zero-order valence-electron chi connectivity index (χ0n) is 16.5. The molecule has 0 amide bonds. The molecular weight excluding hydrogens is 324 g/mol. The Hall–Kier alpha value is -1.19. The molecule has 138 valence electrons. The van der Waals surface area contributed by atoms with Crippen LogP contribution in [0.4, 0.5) is 0 Å². The van der Waals surface area contributed by atoms with Crippen molar-refractivity contribution in [3.05, 3.63) is 48.0 Å². The van der Waals surface area contributed by atoms with Gasteiger partial charge in [0.1, 0.15) is 5.78 Å². The number of ketones is 1. The van der Waals surface area contributed by atoms with Gasteiger partial charge in [-0.3, -0.25) is 4.79 Å². The smallest absolute Gasteiger partial charge is 0.191 e. The van der Waals surface area contributed by atoms with E-state index < -0.39 is 8.32 Å². The zero-order valence-corrected chi connectivity index (χ0v) is 17.5. The topological polar surface area (TPSA) is 26.3 Å². The highest BCUT2D eigenvalue weighted by atomic mass is 28.4. The van der Waals surface area contributed by atoms with Crippen molar-refractivity contribution in [3.63, 3.8) is 0 Å². The molecule has 2 atom stereocenters. The first-order valence-electron chi connectivity index (χ1n) is 9.61. The van der Waals surface area contributed by atoms with Crippen LogP contribution >= 0.6 is 0 Å². The van der Waals surface area contributed by atoms with Gasteiger partial charge in [-0.2, -0.15) is 0 Å². The lowest BCUT2D eigenvalue weighted by Crippen LogP contribution is -2.40. The molecule has 1 aromatic rings. The Morgan fingerprint density at radius 3 is 2.52 bits per heavy atom. The molecular formula is C22H34O2Si. The minimum Gasteiger partial charge on any atom is -0.417 e. The number of hydrogen-bond donors (Lipinski definition) is 0. The van der Waals surface area contributed by atoms with Gasteiger partial charge in [-0.1, -0.05) is 63.3 Å². The largest absolute Gasteiger partial charge is 0.417 e. The number of Topliss-reactive ketones (excluding diaryl/α,β-unsaturated/α-hetero) is 1. The van der Waals surface area contributed by atoms with Crippen LogP contribution in [0.1, 0.15) is 57.9 Å². The highest BCUT2D eigenvalue weighted by Crippen LogP contribution is 2.38. The molecule has 25 heavy (non-hydrogen) atoms. The Morgan fingerprint density at radius 2 is 1.88 bits per heavy atom. The second-order valence-corrected chi connectivity index (χ2v) is 13.5. The quantitative estimate of drug-likeness (QED) is 0.334. The van der Waals surface area contributed by atoms with E-state index in [0.717, 1.165) is 25.9 Å². The SMILES string of the molecule is CC(C)(C)[Si](C)(C)OCCC/C=C/C1C(=O)CCC1c1ccccc1. The molecule has 1 fully saturated rings. The van der Waals surface area contributed by atoms with Crippen LogP contribution < -0.4 is 0 Å². The number of hydrogen-bond acceptors (Lipinski definition) is 2. The molecule has 2 nitrogen and oxygen atoms in total. The summed E-state index contributed by atoms with van der Waals surface area (Å²) in [5.41, 5.74) is 1.30. The lowest BCUT2D eigenvalue weighted by Gasteiger charge is -2.36. The minimum absolute atomic E-state index is 0.0590. The molecule has 1 aliphatic carbocycles. The fourth-order valence-electron chi connectivity index (χ4n) is 3.17. The maximum Gasteiger partial charge on any atom is 0.191 e. The first-order valence-corrected chi connectivity index (χ1v) is 12.5. The fourth-order valence-corrected chi connectivity index (χ4v) is 4.26. The average molecular weight is 359 g/mol. The number of benzene rings is 1. The summed E-state index contributed by atoms with van der Waals surface area (Å²) in [5.74, 6) is 0.805. The van der Waals surface area contributed by atoms with E-state index in [2.05, 4.69) is 70.3 Å². The number of allylic oxidation sites excluding steroid dienone is 2. The van der Waals surface area contributed by atoms with Gasteiger partial charge >= 0.3 is 0 Å². The van der Waals surface area contributed by atoms with E-state index in [1.54, 1.807) is 0 Å². The van der Waals surface area contributed by atoms with E-state index >= 15 is 0 Å². The van der Waals surface area contributed by atoms with Crippen molar-refractivity contribution in [3.8, 4) is 0 Å². The van der Waals surface area contributed by atoms with Crippen LogP contribution in [-0.2, 0) is 9.22 Å². The molecule has 1 aliphatic rings. The predicted octanol–water partition coefficient (Wildman–Crippen LogP) is 6.11. The van der Waals surface area contributed by atoms with Gasteiger partial charge in [-0.05, 0) is 48.9 Å². The lowest BCUT2D eigenvalue weighted by molar-refractivity contribution is -0.119. The summed E-state index contributed by atoms with van der Waals surface area (Å²) in [6.07, 6.45) is 8.05. The average Bonchev–Trinajstić information content (AvgIpc) is 2.91. The predicted molar refractivity (Wildman–Crippen MR) is 108 cm³/mol. The molecule has 2 unspecified atom stereocenters. The van der Waals surface area contributed by atoms with E-state index in [1.807, 2.05) is 6.07 Å². The van der Waals surface area contributed by atoms with Gasteiger partial charge in [0, 0.05) is 18.9 Å². The maximum absolute atomic E-state index is 12.2. The van der Waals surface area contributed by atoms with E-state index in [9.17, 15) is 4.79 Å². The number of carbonyl (C=O) groups is 1. The van der Waals surface area contributed by atoms with Crippen molar-refractivity contribution < 1.29 is 9.22 Å². The van der Waals surface area contributed by atoms with Crippen molar-refractivity contribution in [2.75, 3.05) is 6.61 Å². The molecule has 0 bridgehead atoms. The van der Waals surface area contributed by atoms with Gasteiger partial charge < -0.3 is 4.43 Å². The second-order valence-electron chi connectivity index (χ2n) is 8.73. The summed E-state index contributed by atoms with van der Waals surface area (Å²) < 4.78 is 6.22. The second kappa shape index (κ2) is 8.46. The molecule has 0 N–H and O–H groups in total. The summed E-state index contributed by atoms with van der Waals surface area (Å²) in [4.78, 5) is 12.2. The Labute approximate surface area is 154 Å². The van der Waals surface area contributed by atoms with Crippen LogP contribution in [0, 0.1) is 5.92 Å². The van der Waals surface area contributed by atoms with E-state index in [1.165, 1.54) is 5.56 Å². The highest BCUT2D eigenvalue weighted by molar-refractivity contribution is 6.74. The summed E-state index contributed by atoms with van der Waals surface area (Å²) in [6.45, 7) is 12.2. The Bertz CT molecular complexity index is 584. The van der Waals surface area contributed by atoms with Gasteiger partial charge in [-0.25, -0.2) is 0 Å². The van der Waals surface area contributed by atoms with Crippen molar-refractivity contribution in [1.82, 2.24) is 0 Å². The minimum atomic E-state index is -1.63. The third kappa shape index (κ3) is 5.39. The zero-order chi connectivity index (χ0) is 18.5. The Balaban J connectivity index is 1.82. The van der Waals surface area contributed by atoms with Crippen LogP contribution in [0.3, 0.4) is 0 Å². The highest BCUT2D eigenvalue weighted by Gasteiger charge is 2.37. The van der Waals surface area contributed by atoms with Crippen LogP contribution in [0.2, 0.25) is 18.1 Å². The van der Waals surface area contributed by atoms with E-state index in [-0.39, 0.29) is 11.0 Å². The van der Waals surface area contributed by atoms with Crippen LogP contribution in [0.25, 0.3) is 0 Å². The van der Waals surface area contributed by atoms with E-state index in [4.69, 9.17) is 4.43 Å². The summed E-state index contributed by atoms with van der Waals surface area (Å²) in [7, 11) is -1.63. The molecule has 1 saturated carbocycles. The summed E-state index contributed by atoms with van der Waals surface area (Å²) in [6, 6.07) is 10.5. The lowest BCUT2D eigenvalue weighted by atomic mass is 9.88. The van der Waals surface area contributed by atoms with Crippen molar-refractivity contribution in [1.29, 1.82) is 0 Å². The van der Waals surface area contributed by atoms with Gasteiger partial charge in [0.2, 0.25) is 0 Å². The molecule has 0 aliphatic heterocycles. The molecule has 1 aromatic carbocycles. The van der Waals surface area contributed by atoms with Crippen LogP contribution in [0.15, 0.2) is 42.5 Å². The summed E-state index contributed by atoms with van der Waals surface area (Å²) in [5, 5.41) is 0.266. The summed E-state index contributed by atoms with van der Waals surface area (Å²) >= 11 is 0. The van der Waals surface area contributed by atoms with Gasteiger partial charge in [0.05, 0.1) is 0 Å². The first-order chi connectivity index (χ1) is 11.7. The maximum atomic E-state index is 12.2. The number of rotatable bonds is 7. The van der Waals surface area contributed by atoms with Crippen molar-refractivity contribution in [2.45, 2.75) is 70.5 Å². The normalized spacial score (nSPS) is 22.0. The monoisotopic (exact) mass is 358 g/mol. The third-order valence-corrected chi connectivity index (χ3v) is 10.4. The van der Waals surface area contributed by atoms with Gasteiger partial charge in [0.25, 0.3) is 0 Å². The Morgan fingerprint density at radius 1 is 1.20 bits per heavy atom. The third-order valence-electron chi connectivity index (χ3n) is 5.86. The molecule has 0 radical (unpaired) electrons. The van der Waals surface area contributed by atoms with Gasteiger partial charge in [-0.15, -0.1) is 0 Å². The number of unbranched alkanes of at least 4 members (excludes halogenated alkanes) is 1. The van der Waals surface area contributed by atoms with Gasteiger partial charge in [0.15, 0.2) is 8.32 Å². The van der Waals surface area contributed by atoms with Crippen molar-refractivity contribution >= 4 is 14.1 Å². The fraction of sp³-hybridized carbons (Fsp3) is 0.591. The number of carbonyl (C=O) groups excluding carboxylic acids is 1. The molecule has 0 saturated heterocycles.